The number of halogens is 1. The lowest BCUT2D eigenvalue weighted by Crippen LogP contribution is -2.44. The second-order valence-electron chi connectivity index (χ2n) is 4.52. The molecule has 0 radical (unpaired) electrons. The number of nitrogens with zero attached hydrogens (tertiary/aromatic N) is 2. The summed E-state index contributed by atoms with van der Waals surface area (Å²) in [5.41, 5.74) is 0. The van der Waals surface area contributed by atoms with E-state index >= 15 is 0 Å². The molecular formula is C12H15ClN2O4. The summed E-state index contributed by atoms with van der Waals surface area (Å²) in [5, 5.41) is 10.5. The van der Waals surface area contributed by atoms with E-state index in [-0.39, 0.29) is 17.7 Å². The van der Waals surface area contributed by atoms with Gasteiger partial charge in [-0.05, 0) is 31.7 Å². The average molecular weight is 287 g/mol. The van der Waals surface area contributed by atoms with Gasteiger partial charge in [-0.25, -0.2) is 0 Å². The van der Waals surface area contributed by atoms with Crippen molar-refractivity contribution < 1.29 is 14.1 Å². The van der Waals surface area contributed by atoms with Gasteiger partial charge < -0.3 is 9.32 Å². The number of amides is 1. The minimum Gasteiger partial charge on any atom is -0.395 e. The van der Waals surface area contributed by atoms with Gasteiger partial charge in [0.15, 0.2) is 5.76 Å². The molecule has 0 aliphatic heterocycles. The maximum Gasteiger partial charge on any atom is 0.433 e. The van der Waals surface area contributed by atoms with Gasteiger partial charge in [0.1, 0.15) is 4.92 Å². The van der Waals surface area contributed by atoms with E-state index in [4.69, 9.17) is 16.0 Å². The Hall–Kier alpha value is -1.56. The fourth-order valence-corrected chi connectivity index (χ4v) is 2.18. The summed E-state index contributed by atoms with van der Waals surface area (Å²) < 4.78 is 4.96. The Bertz CT molecular complexity index is 470. The zero-order chi connectivity index (χ0) is 13.8. The number of rotatable bonds is 6. The molecule has 1 saturated carbocycles. The monoisotopic (exact) mass is 286 g/mol. The van der Waals surface area contributed by atoms with Crippen molar-refractivity contribution in [2.75, 3.05) is 12.4 Å². The third-order valence-corrected chi connectivity index (χ3v) is 3.56. The molecule has 1 fully saturated rings. The SMILES string of the molecule is O=C(c1ccc([N+](=O)[O-])o1)N(CCCCl)C1CCC1. The van der Waals surface area contributed by atoms with Crippen molar-refractivity contribution in [3.63, 3.8) is 0 Å². The Morgan fingerprint density at radius 3 is 2.74 bits per heavy atom. The summed E-state index contributed by atoms with van der Waals surface area (Å²) in [6, 6.07) is 2.76. The molecule has 1 aliphatic rings. The molecule has 0 saturated heterocycles. The number of nitro groups is 1. The molecule has 104 valence electrons. The summed E-state index contributed by atoms with van der Waals surface area (Å²) in [4.78, 5) is 23.9. The Balaban J connectivity index is 2.10. The molecule has 1 aromatic rings. The number of hydrogen-bond donors (Lipinski definition) is 0. The summed E-state index contributed by atoms with van der Waals surface area (Å²) >= 11 is 5.66. The molecule has 0 atom stereocenters. The Morgan fingerprint density at radius 2 is 2.26 bits per heavy atom. The first-order chi connectivity index (χ1) is 9.13. The van der Waals surface area contributed by atoms with Crippen molar-refractivity contribution in [1.29, 1.82) is 0 Å². The largest absolute Gasteiger partial charge is 0.433 e. The van der Waals surface area contributed by atoms with Crippen molar-refractivity contribution in [3.05, 3.63) is 28.0 Å². The third-order valence-electron chi connectivity index (χ3n) is 3.29. The molecule has 7 heteroatoms. The number of hydrogen-bond acceptors (Lipinski definition) is 4. The quantitative estimate of drug-likeness (QED) is 0.458. The molecule has 1 amide bonds. The van der Waals surface area contributed by atoms with Crippen LogP contribution in [0.4, 0.5) is 5.88 Å². The number of carbonyl (C=O) groups is 1. The molecule has 0 unspecified atom stereocenters. The fourth-order valence-electron chi connectivity index (χ4n) is 2.06. The molecule has 6 nitrogen and oxygen atoms in total. The van der Waals surface area contributed by atoms with Gasteiger partial charge >= 0.3 is 5.88 Å². The van der Waals surface area contributed by atoms with Gasteiger partial charge in [0.2, 0.25) is 0 Å². The minimum absolute atomic E-state index is 0.0215. The van der Waals surface area contributed by atoms with Gasteiger partial charge in [-0.1, -0.05) is 0 Å². The second kappa shape index (κ2) is 6.06. The number of carbonyl (C=O) groups excluding carboxylic acids is 1. The minimum atomic E-state index is -0.650. The van der Waals surface area contributed by atoms with E-state index in [1.165, 1.54) is 12.1 Å². The highest BCUT2D eigenvalue weighted by molar-refractivity contribution is 6.17. The number of alkyl halides is 1. The first-order valence-corrected chi connectivity index (χ1v) is 6.78. The highest BCUT2D eigenvalue weighted by atomic mass is 35.5. The van der Waals surface area contributed by atoms with Crippen LogP contribution in [0.5, 0.6) is 0 Å². The molecule has 0 spiro atoms. The molecule has 0 N–H and O–H groups in total. The topological polar surface area (TPSA) is 76.6 Å². The van der Waals surface area contributed by atoms with Crippen molar-refractivity contribution >= 4 is 23.4 Å². The van der Waals surface area contributed by atoms with E-state index in [1.54, 1.807) is 4.90 Å². The van der Waals surface area contributed by atoms with Crippen molar-refractivity contribution in [3.8, 4) is 0 Å². The smallest absolute Gasteiger partial charge is 0.395 e. The highest BCUT2D eigenvalue weighted by Gasteiger charge is 2.31. The predicted molar refractivity (Wildman–Crippen MR) is 69.4 cm³/mol. The first-order valence-electron chi connectivity index (χ1n) is 6.24. The zero-order valence-electron chi connectivity index (χ0n) is 10.4. The first kappa shape index (κ1) is 13.9. The standard InChI is InChI=1S/C12H15ClN2O4/c13-7-2-8-14(9-3-1-4-9)12(16)10-5-6-11(19-10)15(17)18/h5-6,9H,1-4,7-8H2. The maximum absolute atomic E-state index is 12.3. The van der Waals surface area contributed by atoms with E-state index in [0.717, 1.165) is 19.3 Å². The summed E-state index contributed by atoms with van der Waals surface area (Å²) in [6.07, 6.45) is 3.74. The van der Waals surface area contributed by atoms with Gasteiger partial charge in [-0.2, -0.15) is 0 Å². The Labute approximate surface area is 115 Å². The van der Waals surface area contributed by atoms with E-state index in [1.807, 2.05) is 0 Å². The van der Waals surface area contributed by atoms with Crippen LogP contribution in [0.2, 0.25) is 0 Å². The van der Waals surface area contributed by atoms with E-state index < -0.39 is 10.8 Å². The summed E-state index contributed by atoms with van der Waals surface area (Å²) in [7, 11) is 0. The van der Waals surface area contributed by atoms with Crippen LogP contribution in [0, 0.1) is 10.1 Å². The zero-order valence-corrected chi connectivity index (χ0v) is 11.1. The van der Waals surface area contributed by atoms with Crippen LogP contribution >= 0.6 is 11.6 Å². The van der Waals surface area contributed by atoms with E-state index in [9.17, 15) is 14.9 Å². The molecular weight excluding hydrogens is 272 g/mol. The third kappa shape index (κ3) is 3.07. The van der Waals surface area contributed by atoms with Gasteiger partial charge in [0, 0.05) is 18.5 Å². The van der Waals surface area contributed by atoms with Crippen molar-refractivity contribution in [2.24, 2.45) is 0 Å². The van der Waals surface area contributed by atoms with Crippen LogP contribution in [0.3, 0.4) is 0 Å². The van der Waals surface area contributed by atoms with Gasteiger partial charge in [-0.3, -0.25) is 14.9 Å². The molecule has 0 aromatic carbocycles. The maximum atomic E-state index is 12.3. The second-order valence-corrected chi connectivity index (χ2v) is 4.90. The summed E-state index contributed by atoms with van der Waals surface area (Å²) in [5.74, 6) is -0.195. The van der Waals surface area contributed by atoms with Crippen LogP contribution < -0.4 is 0 Å². The van der Waals surface area contributed by atoms with Crippen LogP contribution in [-0.4, -0.2) is 34.2 Å². The Kier molecular flexibility index (Phi) is 4.42. The predicted octanol–water partition coefficient (Wildman–Crippen LogP) is 2.81. The molecule has 2 rings (SSSR count). The van der Waals surface area contributed by atoms with Crippen LogP contribution in [0.25, 0.3) is 0 Å². The molecule has 1 heterocycles. The van der Waals surface area contributed by atoms with E-state index in [0.29, 0.717) is 18.8 Å². The van der Waals surface area contributed by atoms with Crippen LogP contribution in [-0.2, 0) is 0 Å². The lowest BCUT2D eigenvalue weighted by Gasteiger charge is -2.37. The van der Waals surface area contributed by atoms with Gasteiger partial charge in [0.25, 0.3) is 5.91 Å². The average Bonchev–Trinajstić information content (AvgIpc) is 2.80. The van der Waals surface area contributed by atoms with Crippen LogP contribution in [0.1, 0.15) is 36.2 Å². The normalized spacial score (nSPS) is 15.0. The van der Waals surface area contributed by atoms with Crippen molar-refractivity contribution in [2.45, 2.75) is 31.7 Å². The molecule has 19 heavy (non-hydrogen) atoms. The summed E-state index contributed by atoms with van der Waals surface area (Å²) in [6.45, 7) is 0.557. The molecule has 1 aromatic heterocycles. The van der Waals surface area contributed by atoms with Gasteiger partial charge in [0.05, 0.1) is 6.07 Å². The van der Waals surface area contributed by atoms with Crippen molar-refractivity contribution in [1.82, 2.24) is 4.90 Å². The van der Waals surface area contributed by atoms with Crippen LogP contribution in [0.15, 0.2) is 16.5 Å². The fraction of sp³-hybridized carbons (Fsp3) is 0.583. The Morgan fingerprint density at radius 1 is 1.53 bits per heavy atom. The molecule has 1 aliphatic carbocycles. The lowest BCUT2D eigenvalue weighted by molar-refractivity contribution is -0.402. The van der Waals surface area contributed by atoms with E-state index in [2.05, 4.69) is 0 Å². The highest BCUT2D eigenvalue weighted by Crippen LogP contribution is 2.27. The number of furan rings is 1. The van der Waals surface area contributed by atoms with Gasteiger partial charge in [-0.15, -0.1) is 11.6 Å². The molecule has 0 bridgehead atoms. The lowest BCUT2D eigenvalue weighted by atomic mass is 9.91.